The fourth-order valence-corrected chi connectivity index (χ4v) is 4.37. The molecule has 29 heavy (non-hydrogen) atoms. The van der Waals surface area contributed by atoms with E-state index in [-0.39, 0.29) is 11.8 Å². The summed E-state index contributed by atoms with van der Waals surface area (Å²) in [7, 11) is 3.30. The normalized spacial score (nSPS) is 20.1. The van der Waals surface area contributed by atoms with Crippen molar-refractivity contribution >= 4 is 5.91 Å². The van der Waals surface area contributed by atoms with Crippen LogP contribution in [0.2, 0.25) is 0 Å². The molecule has 0 bridgehead atoms. The second kappa shape index (κ2) is 8.41. The third kappa shape index (κ3) is 3.94. The maximum atomic E-state index is 13.1. The number of rotatable bonds is 5. The van der Waals surface area contributed by atoms with E-state index in [4.69, 9.17) is 9.47 Å². The minimum atomic E-state index is -0.0277. The van der Waals surface area contributed by atoms with Crippen molar-refractivity contribution in [3.63, 3.8) is 0 Å². The second-order valence-corrected chi connectivity index (χ2v) is 7.83. The van der Waals surface area contributed by atoms with Crippen LogP contribution in [0.3, 0.4) is 0 Å². The fourth-order valence-electron chi connectivity index (χ4n) is 4.37. The molecule has 3 heterocycles. The van der Waals surface area contributed by atoms with E-state index in [9.17, 15) is 4.79 Å². The van der Waals surface area contributed by atoms with Crippen molar-refractivity contribution in [3.8, 4) is 11.5 Å². The SMILES string of the molecule is COc1cc(OC)cc(C2CCN(C(=O)c3nnn(C4CCNCC4)c3C)C2)c1. The van der Waals surface area contributed by atoms with Crippen molar-refractivity contribution in [3.05, 3.63) is 35.2 Å². The van der Waals surface area contributed by atoms with Gasteiger partial charge in [0.1, 0.15) is 11.5 Å². The maximum Gasteiger partial charge on any atom is 0.276 e. The number of amides is 1. The fraction of sp³-hybridized carbons (Fsp3) is 0.571. The lowest BCUT2D eigenvalue weighted by Crippen LogP contribution is -2.31. The molecule has 1 aromatic carbocycles. The van der Waals surface area contributed by atoms with Crippen LogP contribution in [0.1, 0.15) is 53.0 Å². The molecule has 2 aromatic rings. The smallest absolute Gasteiger partial charge is 0.276 e. The Morgan fingerprint density at radius 3 is 2.45 bits per heavy atom. The molecule has 2 saturated heterocycles. The largest absolute Gasteiger partial charge is 0.497 e. The molecule has 0 aliphatic carbocycles. The zero-order valence-electron chi connectivity index (χ0n) is 17.4. The molecule has 1 aromatic heterocycles. The van der Waals surface area contributed by atoms with Gasteiger partial charge in [-0.3, -0.25) is 4.79 Å². The summed E-state index contributed by atoms with van der Waals surface area (Å²) in [4.78, 5) is 15.0. The molecule has 1 amide bonds. The monoisotopic (exact) mass is 399 g/mol. The van der Waals surface area contributed by atoms with E-state index >= 15 is 0 Å². The lowest BCUT2D eigenvalue weighted by molar-refractivity contribution is 0.0784. The number of benzene rings is 1. The molecule has 0 spiro atoms. The van der Waals surface area contributed by atoms with Gasteiger partial charge in [0.25, 0.3) is 5.91 Å². The van der Waals surface area contributed by atoms with Gasteiger partial charge in [0, 0.05) is 25.1 Å². The average molecular weight is 399 g/mol. The minimum absolute atomic E-state index is 0.0277. The summed E-state index contributed by atoms with van der Waals surface area (Å²) in [6.07, 6.45) is 2.94. The van der Waals surface area contributed by atoms with Gasteiger partial charge < -0.3 is 19.7 Å². The molecule has 1 atom stereocenters. The van der Waals surface area contributed by atoms with Gasteiger partial charge in [0.2, 0.25) is 0 Å². The predicted molar refractivity (Wildman–Crippen MR) is 109 cm³/mol. The van der Waals surface area contributed by atoms with E-state index in [1.54, 1.807) is 14.2 Å². The highest BCUT2D eigenvalue weighted by Crippen LogP contribution is 2.33. The van der Waals surface area contributed by atoms with Gasteiger partial charge >= 0.3 is 0 Å². The van der Waals surface area contributed by atoms with E-state index < -0.39 is 0 Å². The molecule has 0 radical (unpaired) electrons. The second-order valence-electron chi connectivity index (χ2n) is 7.83. The number of ether oxygens (including phenoxy) is 2. The lowest BCUT2D eigenvalue weighted by Gasteiger charge is -2.23. The number of likely N-dealkylation sites (tertiary alicyclic amines) is 1. The minimum Gasteiger partial charge on any atom is -0.497 e. The van der Waals surface area contributed by atoms with E-state index in [1.807, 2.05) is 34.7 Å². The molecular formula is C21H29N5O3. The molecule has 0 saturated carbocycles. The van der Waals surface area contributed by atoms with Crippen molar-refractivity contribution in [2.45, 2.75) is 38.1 Å². The van der Waals surface area contributed by atoms with Crippen molar-refractivity contribution in [2.24, 2.45) is 0 Å². The van der Waals surface area contributed by atoms with E-state index in [1.165, 1.54) is 0 Å². The Bertz CT molecular complexity index is 853. The Labute approximate surface area is 171 Å². The molecule has 2 aliphatic rings. The first-order valence-corrected chi connectivity index (χ1v) is 10.3. The van der Waals surface area contributed by atoms with Crippen LogP contribution in [0.4, 0.5) is 0 Å². The zero-order chi connectivity index (χ0) is 20.4. The first-order valence-electron chi connectivity index (χ1n) is 10.3. The van der Waals surface area contributed by atoms with Gasteiger partial charge in [-0.25, -0.2) is 4.68 Å². The zero-order valence-corrected chi connectivity index (χ0v) is 17.4. The van der Waals surface area contributed by atoms with Crippen LogP contribution < -0.4 is 14.8 Å². The molecule has 1 unspecified atom stereocenters. The van der Waals surface area contributed by atoms with Crippen LogP contribution >= 0.6 is 0 Å². The summed E-state index contributed by atoms with van der Waals surface area (Å²) in [5.74, 6) is 1.76. The van der Waals surface area contributed by atoms with Crippen molar-refractivity contribution in [2.75, 3.05) is 40.4 Å². The Morgan fingerprint density at radius 1 is 1.10 bits per heavy atom. The van der Waals surface area contributed by atoms with Crippen molar-refractivity contribution < 1.29 is 14.3 Å². The Hall–Kier alpha value is -2.61. The van der Waals surface area contributed by atoms with Gasteiger partial charge in [0.15, 0.2) is 5.69 Å². The summed E-state index contributed by atoms with van der Waals surface area (Å²) in [5.41, 5.74) is 2.48. The maximum absolute atomic E-state index is 13.1. The summed E-state index contributed by atoms with van der Waals surface area (Å²) in [6.45, 7) is 5.28. The van der Waals surface area contributed by atoms with E-state index in [2.05, 4.69) is 15.6 Å². The van der Waals surface area contributed by atoms with E-state index in [0.29, 0.717) is 24.8 Å². The molecule has 8 heteroatoms. The van der Waals surface area contributed by atoms with Crippen LogP contribution in [-0.4, -0.2) is 66.2 Å². The van der Waals surface area contributed by atoms with E-state index in [0.717, 1.165) is 55.1 Å². The van der Waals surface area contributed by atoms with Crippen LogP contribution in [0.5, 0.6) is 11.5 Å². The average Bonchev–Trinajstić information content (AvgIpc) is 3.41. The number of nitrogens with one attached hydrogen (secondary N) is 1. The molecule has 1 N–H and O–H groups in total. The number of hydrogen-bond acceptors (Lipinski definition) is 6. The summed E-state index contributed by atoms with van der Waals surface area (Å²) in [5, 5.41) is 11.9. The summed E-state index contributed by atoms with van der Waals surface area (Å²) >= 11 is 0. The molecule has 2 aliphatic heterocycles. The lowest BCUT2D eigenvalue weighted by atomic mass is 9.98. The van der Waals surface area contributed by atoms with Crippen molar-refractivity contribution in [1.29, 1.82) is 0 Å². The first kappa shape index (κ1) is 19.7. The number of carbonyl (C=O) groups excluding carboxylic acids is 1. The van der Waals surface area contributed by atoms with Crippen LogP contribution in [0.15, 0.2) is 18.2 Å². The Kier molecular flexibility index (Phi) is 5.71. The molecule has 4 rings (SSSR count). The third-order valence-corrected chi connectivity index (χ3v) is 6.11. The number of hydrogen-bond donors (Lipinski definition) is 1. The summed E-state index contributed by atoms with van der Waals surface area (Å²) < 4.78 is 12.7. The van der Waals surface area contributed by atoms with Gasteiger partial charge in [-0.2, -0.15) is 0 Å². The highest BCUT2D eigenvalue weighted by molar-refractivity contribution is 5.93. The topological polar surface area (TPSA) is 81.5 Å². The predicted octanol–water partition coefficient (Wildman–Crippen LogP) is 2.16. The molecule has 2 fully saturated rings. The summed E-state index contributed by atoms with van der Waals surface area (Å²) in [6, 6.07) is 6.24. The quantitative estimate of drug-likeness (QED) is 0.830. The standard InChI is InChI=1S/C21H29N5O3/c1-14-20(23-24-26(14)17-4-7-22-8-5-17)21(27)25-9-6-15(13-25)16-10-18(28-2)12-19(11-16)29-3/h10-12,15,17,22H,4-9,13H2,1-3H3. The third-order valence-electron chi connectivity index (χ3n) is 6.11. The number of piperidine rings is 1. The molecule has 156 valence electrons. The Morgan fingerprint density at radius 2 is 1.79 bits per heavy atom. The number of nitrogens with zero attached hydrogens (tertiary/aromatic N) is 4. The number of carbonyl (C=O) groups is 1. The van der Waals surface area contributed by atoms with Crippen molar-refractivity contribution in [1.82, 2.24) is 25.2 Å². The number of methoxy groups -OCH3 is 2. The van der Waals surface area contributed by atoms with Crippen LogP contribution in [-0.2, 0) is 0 Å². The van der Waals surface area contributed by atoms with Crippen LogP contribution in [0.25, 0.3) is 0 Å². The van der Waals surface area contributed by atoms with Gasteiger partial charge in [-0.1, -0.05) is 5.21 Å². The molecule has 8 nitrogen and oxygen atoms in total. The molecular weight excluding hydrogens is 370 g/mol. The van der Waals surface area contributed by atoms with Gasteiger partial charge in [-0.05, 0) is 57.0 Å². The van der Waals surface area contributed by atoms with Crippen LogP contribution in [0, 0.1) is 6.92 Å². The highest BCUT2D eigenvalue weighted by Gasteiger charge is 2.32. The Balaban J connectivity index is 1.48. The van der Waals surface area contributed by atoms with Gasteiger partial charge in [-0.15, -0.1) is 5.10 Å². The first-order chi connectivity index (χ1) is 14.1. The number of aromatic nitrogens is 3. The van der Waals surface area contributed by atoms with Gasteiger partial charge in [0.05, 0.1) is 26.0 Å². The highest BCUT2D eigenvalue weighted by atomic mass is 16.5.